The van der Waals surface area contributed by atoms with Gasteiger partial charge in [0.2, 0.25) is 5.91 Å². The van der Waals surface area contributed by atoms with E-state index in [0.717, 1.165) is 5.56 Å². The van der Waals surface area contributed by atoms with Gasteiger partial charge >= 0.3 is 12.1 Å². The van der Waals surface area contributed by atoms with Crippen molar-refractivity contribution in [1.29, 1.82) is 0 Å². The van der Waals surface area contributed by atoms with E-state index in [9.17, 15) is 14.4 Å². The molecular formula is C17H20BrN3O6. The fourth-order valence-corrected chi connectivity index (χ4v) is 2.68. The topological polar surface area (TPSA) is 115 Å². The van der Waals surface area contributed by atoms with Gasteiger partial charge in [-0.25, -0.2) is 9.59 Å². The number of nitrogens with zero attached hydrogens (tertiary/aromatic N) is 1. The number of methoxy groups -OCH3 is 1. The minimum absolute atomic E-state index is 0.0423. The number of alkyl carbamates (subject to hydrolysis) is 1. The highest BCUT2D eigenvalue weighted by molar-refractivity contribution is 9.18. The van der Waals surface area contributed by atoms with Crippen molar-refractivity contribution in [2.45, 2.75) is 31.6 Å². The van der Waals surface area contributed by atoms with Crippen LogP contribution in [0.25, 0.3) is 0 Å². The SMILES string of the molecule is COC(=O)C(CC(=O)NC[C@@H]1CC(Br)=NO1)NC(=O)OCc1ccccc1. The number of carbonyl (C=O) groups is 3. The van der Waals surface area contributed by atoms with Crippen molar-refractivity contribution < 1.29 is 28.7 Å². The molecule has 0 aromatic heterocycles. The minimum Gasteiger partial charge on any atom is -0.467 e. The monoisotopic (exact) mass is 441 g/mol. The van der Waals surface area contributed by atoms with Gasteiger partial charge in [0, 0.05) is 6.42 Å². The third-order valence-electron chi connectivity index (χ3n) is 3.60. The molecule has 0 saturated heterocycles. The second-order valence-corrected chi connectivity index (χ2v) is 6.60. The number of benzene rings is 1. The summed E-state index contributed by atoms with van der Waals surface area (Å²) in [6.45, 7) is 0.268. The highest BCUT2D eigenvalue weighted by atomic mass is 79.9. The molecule has 1 aromatic carbocycles. The van der Waals surface area contributed by atoms with E-state index in [-0.39, 0.29) is 25.7 Å². The minimum atomic E-state index is -1.16. The molecule has 0 aliphatic carbocycles. The van der Waals surface area contributed by atoms with Gasteiger partial charge < -0.3 is 24.9 Å². The number of hydrogen-bond donors (Lipinski definition) is 2. The number of carbonyl (C=O) groups excluding carboxylic acids is 3. The molecule has 1 aliphatic heterocycles. The van der Waals surface area contributed by atoms with Gasteiger partial charge in [0.15, 0.2) is 6.10 Å². The summed E-state index contributed by atoms with van der Waals surface area (Å²) in [6.07, 6.45) is -0.839. The van der Waals surface area contributed by atoms with E-state index < -0.39 is 24.0 Å². The van der Waals surface area contributed by atoms with Gasteiger partial charge in [-0.3, -0.25) is 4.79 Å². The third-order valence-corrected chi connectivity index (χ3v) is 4.07. The molecule has 0 spiro atoms. The Morgan fingerprint density at radius 1 is 1.33 bits per heavy atom. The normalized spacial score (nSPS) is 16.5. The molecule has 1 aliphatic rings. The van der Waals surface area contributed by atoms with E-state index >= 15 is 0 Å². The number of halogens is 1. The van der Waals surface area contributed by atoms with Gasteiger partial charge in [0.1, 0.15) is 17.3 Å². The van der Waals surface area contributed by atoms with Crippen LogP contribution in [0.15, 0.2) is 35.5 Å². The number of oxime groups is 1. The fourth-order valence-electron chi connectivity index (χ4n) is 2.23. The lowest BCUT2D eigenvalue weighted by Gasteiger charge is -2.17. The van der Waals surface area contributed by atoms with Gasteiger partial charge in [0.25, 0.3) is 0 Å². The van der Waals surface area contributed by atoms with Gasteiger partial charge in [-0.15, -0.1) is 0 Å². The van der Waals surface area contributed by atoms with Crippen LogP contribution < -0.4 is 10.6 Å². The second-order valence-electron chi connectivity index (χ2n) is 5.69. The first-order valence-electron chi connectivity index (χ1n) is 8.18. The van der Waals surface area contributed by atoms with Gasteiger partial charge in [0.05, 0.1) is 20.1 Å². The lowest BCUT2D eigenvalue weighted by Crippen LogP contribution is -2.45. The predicted octanol–water partition coefficient (Wildman–Crippen LogP) is 1.46. The maximum absolute atomic E-state index is 12.1. The Balaban J connectivity index is 1.78. The predicted molar refractivity (Wildman–Crippen MR) is 99.0 cm³/mol. The zero-order valence-electron chi connectivity index (χ0n) is 14.6. The summed E-state index contributed by atoms with van der Waals surface area (Å²) >= 11 is 3.20. The number of esters is 1. The molecule has 1 heterocycles. The van der Waals surface area contributed by atoms with Crippen molar-refractivity contribution >= 4 is 38.5 Å². The Bertz CT molecular complexity index is 697. The van der Waals surface area contributed by atoms with Crippen molar-refractivity contribution in [3.63, 3.8) is 0 Å². The van der Waals surface area contributed by atoms with Crippen LogP contribution in [0.2, 0.25) is 0 Å². The van der Waals surface area contributed by atoms with Crippen LogP contribution in [0.1, 0.15) is 18.4 Å². The molecule has 2 rings (SSSR count). The smallest absolute Gasteiger partial charge is 0.408 e. The van der Waals surface area contributed by atoms with Gasteiger partial charge in [-0.2, -0.15) is 0 Å². The molecule has 2 amide bonds. The first kappa shape index (κ1) is 20.7. The number of rotatable bonds is 8. The summed E-state index contributed by atoms with van der Waals surface area (Å²) in [4.78, 5) is 40.9. The van der Waals surface area contributed by atoms with Crippen molar-refractivity contribution in [3.8, 4) is 0 Å². The Kier molecular flexibility index (Phi) is 8.05. The zero-order chi connectivity index (χ0) is 19.6. The average Bonchev–Trinajstić information content (AvgIpc) is 3.09. The van der Waals surface area contributed by atoms with Crippen molar-refractivity contribution in [1.82, 2.24) is 10.6 Å². The van der Waals surface area contributed by atoms with Crippen LogP contribution in [-0.2, 0) is 30.5 Å². The van der Waals surface area contributed by atoms with E-state index in [1.807, 2.05) is 18.2 Å². The molecule has 0 bridgehead atoms. The Morgan fingerprint density at radius 2 is 2.07 bits per heavy atom. The summed E-state index contributed by atoms with van der Waals surface area (Å²) in [5.74, 6) is -1.19. The molecule has 0 saturated carbocycles. The van der Waals surface area contributed by atoms with E-state index in [4.69, 9.17) is 9.57 Å². The summed E-state index contributed by atoms with van der Waals surface area (Å²) in [5.41, 5.74) is 0.796. The number of nitrogens with one attached hydrogen (secondary N) is 2. The quantitative estimate of drug-likeness (QED) is 0.589. The third kappa shape index (κ3) is 7.26. The summed E-state index contributed by atoms with van der Waals surface area (Å²) in [6, 6.07) is 7.91. The first-order chi connectivity index (χ1) is 13.0. The van der Waals surface area contributed by atoms with E-state index in [0.29, 0.717) is 11.0 Å². The summed E-state index contributed by atoms with van der Waals surface area (Å²) in [7, 11) is 1.17. The van der Waals surface area contributed by atoms with Crippen molar-refractivity contribution in [3.05, 3.63) is 35.9 Å². The molecule has 2 N–H and O–H groups in total. The largest absolute Gasteiger partial charge is 0.467 e. The number of hydrogen-bond acceptors (Lipinski definition) is 7. The van der Waals surface area contributed by atoms with Gasteiger partial charge in [-0.05, 0) is 21.5 Å². The molecule has 10 heteroatoms. The maximum Gasteiger partial charge on any atom is 0.408 e. The van der Waals surface area contributed by atoms with Crippen LogP contribution in [0.3, 0.4) is 0 Å². The molecule has 0 fully saturated rings. The molecule has 146 valence electrons. The molecular weight excluding hydrogens is 422 g/mol. The summed E-state index contributed by atoms with van der Waals surface area (Å²) in [5, 5.41) is 8.69. The van der Waals surface area contributed by atoms with Gasteiger partial charge in [-0.1, -0.05) is 35.5 Å². The molecule has 27 heavy (non-hydrogen) atoms. The van der Waals surface area contributed by atoms with Crippen molar-refractivity contribution in [2.75, 3.05) is 13.7 Å². The average molecular weight is 442 g/mol. The van der Waals surface area contributed by atoms with E-state index in [1.54, 1.807) is 12.1 Å². The second kappa shape index (κ2) is 10.5. The van der Waals surface area contributed by atoms with E-state index in [2.05, 4.69) is 36.5 Å². The molecule has 1 unspecified atom stereocenters. The molecule has 0 radical (unpaired) electrons. The van der Waals surface area contributed by atoms with Crippen LogP contribution in [0.4, 0.5) is 4.79 Å². The van der Waals surface area contributed by atoms with E-state index in [1.165, 1.54) is 7.11 Å². The fraction of sp³-hybridized carbons (Fsp3) is 0.412. The Morgan fingerprint density at radius 3 is 2.70 bits per heavy atom. The number of amides is 2. The zero-order valence-corrected chi connectivity index (χ0v) is 16.2. The highest BCUT2D eigenvalue weighted by Gasteiger charge is 2.26. The molecule has 9 nitrogen and oxygen atoms in total. The van der Waals surface area contributed by atoms with Crippen molar-refractivity contribution in [2.24, 2.45) is 5.16 Å². The number of ether oxygens (including phenoxy) is 2. The summed E-state index contributed by atoms with van der Waals surface area (Å²) < 4.78 is 10.4. The van der Waals surface area contributed by atoms with Crippen LogP contribution in [0.5, 0.6) is 0 Å². The van der Waals surface area contributed by atoms with Crippen LogP contribution in [-0.4, -0.2) is 48.4 Å². The lowest BCUT2D eigenvalue weighted by molar-refractivity contribution is -0.144. The van der Waals surface area contributed by atoms with Crippen LogP contribution >= 0.6 is 15.9 Å². The Labute approximate surface area is 164 Å². The Hall–Kier alpha value is -2.62. The lowest BCUT2D eigenvalue weighted by atomic mass is 10.2. The molecule has 2 atom stereocenters. The standard InChI is InChI=1S/C17H20BrN3O6/c1-25-16(23)13(8-15(22)19-9-12-7-14(18)21-27-12)20-17(24)26-10-11-5-3-2-4-6-11/h2-6,12-13H,7-10H2,1H3,(H,19,22)(H,20,24)/t12-,13?/m0/s1. The highest BCUT2D eigenvalue weighted by Crippen LogP contribution is 2.13. The molecule has 1 aromatic rings. The van der Waals surface area contributed by atoms with Crippen LogP contribution in [0, 0.1) is 0 Å². The maximum atomic E-state index is 12.1. The first-order valence-corrected chi connectivity index (χ1v) is 8.97.